The van der Waals surface area contributed by atoms with E-state index >= 15 is 0 Å². The Morgan fingerprint density at radius 3 is 2.72 bits per heavy atom. The molecule has 0 saturated heterocycles. The van der Waals surface area contributed by atoms with Gasteiger partial charge in [-0.1, -0.05) is 21.0 Å². The van der Waals surface area contributed by atoms with Crippen LogP contribution in [-0.2, 0) is 4.74 Å². The van der Waals surface area contributed by atoms with Gasteiger partial charge < -0.3 is 13.9 Å². The van der Waals surface area contributed by atoms with Gasteiger partial charge in [0.1, 0.15) is 0 Å². The van der Waals surface area contributed by atoms with E-state index in [0.29, 0.717) is 6.10 Å². The zero-order valence-corrected chi connectivity index (χ0v) is 11.4. The van der Waals surface area contributed by atoms with Crippen molar-refractivity contribution in [2.45, 2.75) is 25.4 Å². The Bertz CT molecular complexity index is 502. The van der Waals surface area contributed by atoms with Crippen LogP contribution in [0.5, 0.6) is 5.75 Å². The minimum absolute atomic E-state index is 0.408. The number of rotatable bonds is 3. The van der Waals surface area contributed by atoms with Crippen LogP contribution >= 0.6 is 8.86 Å². The topological polar surface area (TPSA) is 31.6 Å². The third kappa shape index (κ3) is 3.12. The van der Waals surface area contributed by atoms with E-state index in [4.69, 9.17) is 9.15 Å². The lowest BCUT2D eigenvalue weighted by atomic mass is 9.96. The third-order valence-electron chi connectivity index (χ3n) is 2.91. The lowest BCUT2D eigenvalue weighted by Gasteiger charge is -2.26. The van der Waals surface area contributed by atoms with Gasteiger partial charge in [0.15, 0.2) is 11.3 Å². The van der Waals surface area contributed by atoms with Gasteiger partial charge in [0, 0.05) is 12.5 Å². The molecular formula is C14H17O3P. The molecule has 0 unspecified atom stereocenters. The summed E-state index contributed by atoms with van der Waals surface area (Å²) in [5, 5.41) is 1.11. The van der Waals surface area contributed by atoms with E-state index < -0.39 is 0 Å². The van der Waals surface area contributed by atoms with Crippen LogP contribution in [-0.4, -0.2) is 19.2 Å². The van der Waals surface area contributed by atoms with E-state index in [0.717, 1.165) is 16.7 Å². The Balaban J connectivity index is 0.000000267. The van der Waals surface area contributed by atoms with Crippen LogP contribution in [0.2, 0.25) is 0 Å². The molecule has 3 nitrogen and oxygen atoms in total. The number of ether oxygens (including phenoxy) is 2. The first-order chi connectivity index (χ1) is 8.85. The average Bonchev–Trinajstić information content (AvgIpc) is 2.83. The number of benzene rings is 1. The Morgan fingerprint density at radius 1 is 1.33 bits per heavy atom. The Kier molecular flexibility index (Phi) is 4.80. The second-order valence-corrected chi connectivity index (χ2v) is 4.36. The van der Waals surface area contributed by atoms with Crippen molar-refractivity contribution in [3.05, 3.63) is 30.5 Å². The van der Waals surface area contributed by atoms with Crippen molar-refractivity contribution in [2.75, 3.05) is 7.11 Å². The highest BCUT2D eigenvalue weighted by Gasteiger charge is 2.20. The SMILES string of the molecule is COC=P.c1cc(OC2CCC2)c2occc2c1. The maximum atomic E-state index is 5.83. The predicted octanol–water partition coefficient (Wildman–Crippen LogP) is 3.90. The highest BCUT2D eigenvalue weighted by molar-refractivity contribution is 7.17. The molecule has 1 aliphatic rings. The van der Waals surface area contributed by atoms with Crippen LogP contribution in [0.1, 0.15) is 19.3 Å². The molecule has 1 saturated carbocycles. The minimum atomic E-state index is 0.408. The van der Waals surface area contributed by atoms with Gasteiger partial charge in [0.2, 0.25) is 0 Å². The van der Waals surface area contributed by atoms with Gasteiger partial charge in [-0.15, -0.1) is 0 Å². The average molecular weight is 264 g/mol. The first-order valence-corrected chi connectivity index (χ1v) is 6.57. The lowest BCUT2D eigenvalue weighted by Crippen LogP contribution is -2.24. The summed E-state index contributed by atoms with van der Waals surface area (Å²) in [6, 6.07) is 7.98. The summed E-state index contributed by atoms with van der Waals surface area (Å²) >= 11 is 0. The Morgan fingerprint density at radius 2 is 2.11 bits per heavy atom. The molecule has 3 rings (SSSR count). The van der Waals surface area contributed by atoms with Crippen molar-refractivity contribution in [1.29, 1.82) is 0 Å². The first-order valence-electron chi connectivity index (χ1n) is 5.99. The summed E-state index contributed by atoms with van der Waals surface area (Å²) in [5.41, 5.74) is 0.874. The third-order valence-corrected chi connectivity index (χ3v) is 3.14. The Labute approximate surface area is 109 Å². The molecule has 4 heteroatoms. The van der Waals surface area contributed by atoms with Gasteiger partial charge in [-0.05, 0) is 31.4 Å². The maximum Gasteiger partial charge on any atom is 0.175 e. The van der Waals surface area contributed by atoms with Gasteiger partial charge >= 0.3 is 0 Å². The summed E-state index contributed by atoms with van der Waals surface area (Å²) in [4.78, 5) is 0. The van der Waals surface area contributed by atoms with Gasteiger partial charge in [-0.25, -0.2) is 0 Å². The van der Waals surface area contributed by atoms with Gasteiger partial charge in [0.05, 0.1) is 18.3 Å². The molecular weight excluding hydrogens is 247 g/mol. The van der Waals surface area contributed by atoms with Crippen molar-refractivity contribution in [3.63, 3.8) is 0 Å². The summed E-state index contributed by atoms with van der Waals surface area (Å²) in [7, 11) is 4.52. The fourth-order valence-corrected chi connectivity index (χ4v) is 1.73. The predicted molar refractivity (Wildman–Crippen MR) is 75.9 cm³/mol. The van der Waals surface area contributed by atoms with Crippen molar-refractivity contribution in [3.8, 4) is 5.75 Å². The molecule has 1 aliphatic carbocycles. The standard InChI is InChI=1S/C12H12O2.C2H5OP/c1-3-9-7-8-13-12(9)11(6-1)14-10-4-2-5-10;1-3-2-4/h1,3,6-8,10H,2,4-5H2;2,4H,1H3. The molecule has 2 aromatic rings. The number of furan rings is 1. The molecule has 1 aromatic heterocycles. The van der Waals surface area contributed by atoms with E-state index in [-0.39, 0.29) is 0 Å². The van der Waals surface area contributed by atoms with E-state index in [1.807, 2.05) is 24.3 Å². The van der Waals surface area contributed by atoms with Gasteiger partial charge in [-0.3, -0.25) is 0 Å². The number of methoxy groups -OCH3 is 1. The molecule has 0 radical (unpaired) electrons. The van der Waals surface area contributed by atoms with Crippen LogP contribution < -0.4 is 4.74 Å². The van der Waals surface area contributed by atoms with Crippen LogP contribution in [0.25, 0.3) is 11.0 Å². The number of fused-ring (bicyclic) bond motifs is 1. The number of para-hydroxylation sites is 1. The highest BCUT2D eigenvalue weighted by Crippen LogP contribution is 2.31. The molecule has 1 heterocycles. The number of hydrogen-bond acceptors (Lipinski definition) is 3. The fraction of sp³-hybridized carbons (Fsp3) is 0.357. The highest BCUT2D eigenvalue weighted by atomic mass is 31.0. The second-order valence-electron chi connectivity index (χ2n) is 4.12. The molecule has 0 aliphatic heterocycles. The van der Waals surface area contributed by atoms with Gasteiger partial charge in [0.25, 0.3) is 0 Å². The fourth-order valence-electron chi connectivity index (χ4n) is 1.73. The van der Waals surface area contributed by atoms with E-state index in [1.165, 1.54) is 25.2 Å². The molecule has 0 atom stereocenters. The van der Waals surface area contributed by atoms with E-state index in [2.05, 4.69) is 13.6 Å². The quantitative estimate of drug-likeness (QED) is 0.788. The van der Waals surface area contributed by atoms with Crippen LogP contribution in [0.15, 0.2) is 34.9 Å². The van der Waals surface area contributed by atoms with Gasteiger partial charge in [-0.2, -0.15) is 0 Å². The zero-order chi connectivity index (χ0) is 12.8. The first kappa shape index (κ1) is 13.1. The minimum Gasteiger partial charge on any atom is -0.486 e. The van der Waals surface area contributed by atoms with Crippen LogP contribution in [0.3, 0.4) is 0 Å². The Hall–Kier alpha value is -1.31. The maximum absolute atomic E-state index is 5.83. The lowest BCUT2D eigenvalue weighted by molar-refractivity contribution is 0.121. The largest absolute Gasteiger partial charge is 0.486 e. The molecule has 0 spiro atoms. The van der Waals surface area contributed by atoms with Crippen molar-refractivity contribution in [1.82, 2.24) is 0 Å². The molecule has 0 amide bonds. The smallest absolute Gasteiger partial charge is 0.175 e. The van der Waals surface area contributed by atoms with Crippen molar-refractivity contribution in [2.24, 2.45) is 0 Å². The molecule has 18 heavy (non-hydrogen) atoms. The van der Waals surface area contributed by atoms with E-state index in [1.54, 1.807) is 13.4 Å². The molecule has 1 fully saturated rings. The van der Waals surface area contributed by atoms with E-state index in [9.17, 15) is 0 Å². The van der Waals surface area contributed by atoms with Crippen LogP contribution in [0.4, 0.5) is 0 Å². The summed E-state index contributed by atoms with van der Waals surface area (Å²) in [6.45, 7) is 0. The summed E-state index contributed by atoms with van der Waals surface area (Å²) in [5.74, 6) is 2.32. The normalized spacial score (nSPS) is 14.5. The summed E-state index contributed by atoms with van der Waals surface area (Å²) in [6.07, 6.45) is 5.76. The monoisotopic (exact) mass is 264 g/mol. The molecule has 0 N–H and O–H groups in total. The summed E-state index contributed by atoms with van der Waals surface area (Å²) < 4.78 is 15.6. The van der Waals surface area contributed by atoms with Crippen molar-refractivity contribution >= 4 is 25.8 Å². The molecule has 96 valence electrons. The molecule has 1 aromatic carbocycles. The number of hydrogen-bond donors (Lipinski definition) is 0. The second kappa shape index (κ2) is 6.58. The van der Waals surface area contributed by atoms with Crippen molar-refractivity contribution < 1.29 is 13.9 Å². The zero-order valence-electron chi connectivity index (χ0n) is 10.4. The van der Waals surface area contributed by atoms with Crippen LogP contribution in [0, 0.1) is 0 Å². The molecule has 0 bridgehead atoms.